The predicted octanol–water partition coefficient (Wildman–Crippen LogP) is 1.39. The molecular weight excluding hydrogens is 266 g/mol. The Bertz CT molecular complexity index is 526. The molecule has 1 rings (SSSR count). The summed E-state index contributed by atoms with van der Waals surface area (Å²) in [6, 6.07) is 3.25. The molecule has 0 saturated carbocycles. The van der Waals surface area contributed by atoms with E-state index in [0.29, 0.717) is 18.0 Å². The lowest BCUT2D eigenvalue weighted by molar-refractivity contribution is 0.388. The minimum Gasteiger partial charge on any atom is -0.496 e. The molecule has 0 spiro atoms. The van der Waals surface area contributed by atoms with Crippen molar-refractivity contribution in [2.45, 2.75) is 24.2 Å². The van der Waals surface area contributed by atoms with Crippen LogP contribution in [0, 0.1) is 0 Å². The molecule has 6 heteroatoms. The van der Waals surface area contributed by atoms with Crippen LogP contribution in [0.15, 0.2) is 17.0 Å². The first-order valence-corrected chi connectivity index (χ1v) is 7.98. The maximum Gasteiger partial charge on any atom is 0.179 e. The number of sulfone groups is 1. The molecule has 2 N–H and O–H groups in total. The first-order chi connectivity index (χ1) is 8.93. The number of methoxy groups -OCH3 is 2. The van der Waals surface area contributed by atoms with Crippen LogP contribution in [0.5, 0.6) is 11.5 Å². The molecule has 0 heterocycles. The maximum absolute atomic E-state index is 11.7. The number of rotatable bonds is 7. The molecule has 0 unspecified atom stereocenters. The molecule has 0 amide bonds. The van der Waals surface area contributed by atoms with E-state index in [1.807, 2.05) is 0 Å². The number of nitrogens with two attached hydrogens (primary N) is 1. The quantitative estimate of drug-likeness (QED) is 0.767. The first-order valence-electron chi connectivity index (χ1n) is 6.09. The smallest absolute Gasteiger partial charge is 0.179 e. The zero-order valence-electron chi connectivity index (χ0n) is 11.6. The highest BCUT2D eigenvalue weighted by Gasteiger charge is 2.18. The standard InChI is InChI=1S/C13H21NO4S/c1-17-11-9-13(19(3,15)16)12(18-2)8-10(11)6-4-5-7-14/h8-9H,4-7,14H2,1-3H3. The average Bonchev–Trinajstić information content (AvgIpc) is 2.37. The number of unbranched alkanes of at least 4 members (excludes halogenated alkanes) is 1. The average molecular weight is 287 g/mol. The van der Waals surface area contributed by atoms with Crippen LogP contribution >= 0.6 is 0 Å². The van der Waals surface area contributed by atoms with E-state index in [2.05, 4.69) is 0 Å². The van der Waals surface area contributed by atoms with E-state index < -0.39 is 9.84 Å². The molecule has 0 aliphatic heterocycles. The van der Waals surface area contributed by atoms with E-state index >= 15 is 0 Å². The lowest BCUT2D eigenvalue weighted by Gasteiger charge is -2.14. The molecule has 5 nitrogen and oxygen atoms in total. The zero-order valence-corrected chi connectivity index (χ0v) is 12.4. The number of benzene rings is 1. The number of hydrogen-bond donors (Lipinski definition) is 1. The Hall–Kier alpha value is -1.27. The van der Waals surface area contributed by atoms with Gasteiger partial charge >= 0.3 is 0 Å². The summed E-state index contributed by atoms with van der Waals surface area (Å²) in [4.78, 5) is 0.148. The Morgan fingerprint density at radius 3 is 2.21 bits per heavy atom. The summed E-state index contributed by atoms with van der Waals surface area (Å²) >= 11 is 0. The second-order valence-electron chi connectivity index (χ2n) is 4.33. The summed E-state index contributed by atoms with van der Waals surface area (Å²) in [5.41, 5.74) is 6.40. The molecule has 108 valence electrons. The van der Waals surface area contributed by atoms with Crippen molar-refractivity contribution in [3.63, 3.8) is 0 Å². The third-order valence-electron chi connectivity index (χ3n) is 2.87. The Balaban J connectivity index is 3.20. The van der Waals surface area contributed by atoms with Crippen molar-refractivity contribution in [1.29, 1.82) is 0 Å². The second-order valence-corrected chi connectivity index (χ2v) is 6.32. The molecule has 0 aliphatic carbocycles. The van der Waals surface area contributed by atoms with Gasteiger partial charge in [0.15, 0.2) is 9.84 Å². The SMILES string of the molecule is COc1cc(S(C)(=O)=O)c(OC)cc1CCCCN. The monoisotopic (exact) mass is 287 g/mol. The van der Waals surface area contributed by atoms with E-state index in [-0.39, 0.29) is 4.90 Å². The zero-order chi connectivity index (χ0) is 14.5. The van der Waals surface area contributed by atoms with Gasteiger partial charge in [-0.25, -0.2) is 8.42 Å². The molecule has 1 aromatic carbocycles. The number of ether oxygens (including phenoxy) is 2. The van der Waals surface area contributed by atoms with Gasteiger partial charge in [0.2, 0.25) is 0 Å². The summed E-state index contributed by atoms with van der Waals surface area (Å²) in [5.74, 6) is 0.921. The van der Waals surface area contributed by atoms with Gasteiger partial charge in [0.25, 0.3) is 0 Å². The van der Waals surface area contributed by atoms with Crippen LogP contribution in [0.2, 0.25) is 0 Å². The minimum absolute atomic E-state index is 0.148. The Labute approximate surface area is 114 Å². The van der Waals surface area contributed by atoms with Crippen molar-refractivity contribution in [2.75, 3.05) is 27.0 Å². The predicted molar refractivity (Wildman–Crippen MR) is 74.6 cm³/mol. The van der Waals surface area contributed by atoms with E-state index in [0.717, 1.165) is 31.1 Å². The van der Waals surface area contributed by atoms with Crippen molar-refractivity contribution in [1.82, 2.24) is 0 Å². The normalized spacial score (nSPS) is 11.4. The fourth-order valence-electron chi connectivity index (χ4n) is 1.88. The summed E-state index contributed by atoms with van der Waals surface area (Å²) in [6.45, 7) is 0.640. The molecule has 0 bridgehead atoms. The lowest BCUT2D eigenvalue weighted by atomic mass is 10.1. The summed E-state index contributed by atoms with van der Waals surface area (Å²) in [7, 11) is -0.359. The Morgan fingerprint density at radius 1 is 1.11 bits per heavy atom. The van der Waals surface area contributed by atoms with E-state index in [1.54, 1.807) is 6.07 Å². The number of hydrogen-bond acceptors (Lipinski definition) is 5. The van der Waals surface area contributed by atoms with Crippen molar-refractivity contribution < 1.29 is 17.9 Å². The largest absolute Gasteiger partial charge is 0.496 e. The van der Waals surface area contributed by atoms with Crippen LogP contribution in [0.4, 0.5) is 0 Å². The van der Waals surface area contributed by atoms with E-state index in [9.17, 15) is 8.42 Å². The van der Waals surface area contributed by atoms with Gasteiger partial charge in [-0.05, 0) is 37.4 Å². The van der Waals surface area contributed by atoms with Crippen molar-refractivity contribution >= 4 is 9.84 Å². The van der Waals surface area contributed by atoms with Gasteiger partial charge in [-0.15, -0.1) is 0 Å². The molecule has 0 aromatic heterocycles. The molecule has 0 aliphatic rings. The van der Waals surface area contributed by atoms with Gasteiger partial charge in [-0.1, -0.05) is 0 Å². The first kappa shape index (κ1) is 15.8. The molecule has 0 saturated heterocycles. The van der Waals surface area contributed by atoms with E-state index in [4.69, 9.17) is 15.2 Å². The highest BCUT2D eigenvalue weighted by molar-refractivity contribution is 7.90. The molecule has 1 aromatic rings. The van der Waals surface area contributed by atoms with Crippen molar-refractivity contribution in [3.8, 4) is 11.5 Å². The van der Waals surface area contributed by atoms with Gasteiger partial charge in [0.1, 0.15) is 16.4 Å². The van der Waals surface area contributed by atoms with E-state index in [1.165, 1.54) is 20.3 Å². The number of aryl methyl sites for hydroxylation is 1. The van der Waals surface area contributed by atoms with Gasteiger partial charge in [0.05, 0.1) is 14.2 Å². The van der Waals surface area contributed by atoms with Crippen LogP contribution in [0.1, 0.15) is 18.4 Å². The fraction of sp³-hybridized carbons (Fsp3) is 0.538. The molecule has 0 radical (unpaired) electrons. The van der Waals surface area contributed by atoms with Crippen molar-refractivity contribution in [3.05, 3.63) is 17.7 Å². The summed E-state index contributed by atoms with van der Waals surface area (Å²) in [5, 5.41) is 0. The third kappa shape index (κ3) is 4.11. The Morgan fingerprint density at radius 2 is 1.74 bits per heavy atom. The lowest BCUT2D eigenvalue weighted by Crippen LogP contribution is -2.04. The van der Waals surface area contributed by atoms with Gasteiger partial charge in [-0.3, -0.25) is 0 Å². The second kappa shape index (κ2) is 6.77. The third-order valence-corrected chi connectivity index (χ3v) is 3.98. The topological polar surface area (TPSA) is 78.6 Å². The van der Waals surface area contributed by atoms with Gasteiger partial charge in [0, 0.05) is 12.3 Å². The minimum atomic E-state index is -3.35. The highest BCUT2D eigenvalue weighted by atomic mass is 32.2. The fourth-order valence-corrected chi connectivity index (χ4v) is 2.71. The van der Waals surface area contributed by atoms with Gasteiger partial charge in [-0.2, -0.15) is 0 Å². The molecule has 19 heavy (non-hydrogen) atoms. The Kier molecular flexibility index (Phi) is 5.62. The van der Waals surface area contributed by atoms with Gasteiger partial charge < -0.3 is 15.2 Å². The molecule has 0 fully saturated rings. The van der Waals surface area contributed by atoms with Crippen molar-refractivity contribution in [2.24, 2.45) is 5.73 Å². The van der Waals surface area contributed by atoms with Crippen LogP contribution in [0.3, 0.4) is 0 Å². The van der Waals surface area contributed by atoms with Crippen LogP contribution in [-0.2, 0) is 16.3 Å². The molecule has 0 atom stereocenters. The highest BCUT2D eigenvalue weighted by Crippen LogP contribution is 2.32. The molecular formula is C13H21NO4S. The summed E-state index contributed by atoms with van der Waals surface area (Å²) < 4.78 is 33.8. The van der Waals surface area contributed by atoms with Crippen LogP contribution in [-0.4, -0.2) is 35.4 Å². The maximum atomic E-state index is 11.7. The summed E-state index contributed by atoms with van der Waals surface area (Å²) in [6.07, 6.45) is 3.77. The van der Waals surface area contributed by atoms with Crippen LogP contribution < -0.4 is 15.2 Å². The van der Waals surface area contributed by atoms with Crippen LogP contribution in [0.25, 0.3) is 0 Å².